The second kappa shape index (κ2) is 6.40. The minimum atomic E-state index is 0.136. The molecule has 0 aromatic heterocycles. The van der Waals surface area contributed by atoms with Gasteiger partial charge < -0.3 is 10.2 Å². The van der Waals surface area contributed by atoms with Crippen molar-refractivity contribution in [1.82, 2.24) is 10.2 Å². The van der Waals surface area contributed by atoms with Crippen LogP contribution in [0.4, 0.5) is 0 Å². The number of benzene rings is 1. The molecule has 0 aliphatic rings. The van der Waals surface area contributed by atoms with Crippen LogP contribution in [0.2, 0.25) is 0 Å². The van der Waals surface area contributed by atoms with E-state index in [0.717, 1.165) is 13.1 Å². The molecule has 1 aromatic carbocycles. The van der Waals surface area contributed by atoms with Crippen LogP contribution in [0, 0.1) is 13.8 Å². The van der Waals surface area contributed by atoms with Crippen molar-refractivity contribution in [3.8, 4) is 0 Å². The first-order valence-corrected chi connectivity index (χ1v) is 6.05. The monoisotopic (exact) mass is 234 g/mol. The van der Waals surface area contributed by atoms with Gasteiger partial charge in [-0.3, -0.25) is 4.79 Å². The summed E-state index contributed by atoms with van der Waals surface area (Å²) in [4.78, 5) is 13.3. The predicted molar refractivity (Wildman–Crippen MR) is 70.9 cm³/mol. The molecule has 1 rings (SSSR count). The molecule has 0 unspecified atom stereocenters. The average molecular weight is 234 g/mol. The molecule has 0 saturated carbocycles. The van der Waals surface area contributed by atoms with E-state index in [4.69, 9.17) is 0 Å². The van der Waals surface area contributed by atoms with Gasteiger partial charge in [-0.25, -0.2) is 0 Å². The Morgan fingerprint density at radius 2 is 2.06 bits per heavy atom. The minimum absolute atomic E-state index is 0.136. The van der Waals surface area contributed by atoms with Gasteiger partial charge in [0.1, 0.15) is 0 Å². The quantitative estimate of drug-likeness (QED) is 0.843. The van der Waals surface area contributed by atoms with Gasteiger partial charge in [0.25, 0.3) is 0 Å². The number of likely N-dealkylation sites (N-methyl/N-ethyl adjacent to an activating group) is 1. The van der Waals surface area contributed by atoms with E-state index in [0.29, 0.717) is 6.54 Å². The molecule has 0 bridgehead atoms. The van der Waals surface area contributed by atoms with Crippen molar-refractivity contribution in [1.29, 1.82) is 0 Å². The van der Waals surface area contributed by atoms with Crippen molar-refractivity contribution in [3.63, 3.8) is 0 Å². The molecular weight excluding hydrogens is 212 g/mol. The topological polar surface area (TPSA) is 32.3 Å². The Bertz CT molecular complexity index is 388. The number of hydrogen-bond donors (Lipinski definition) is 1. The highest BCUT2D eigenvalue weighted by Crippen LogP contribution is 2.09. The van der Waals surface area contributed by atoms with Crippen molar-refractivity contribution < 1.29 is 4.79 Å². The lowest BCUT2D eigenvalue weighted by Gasteiger charge is -2.15. The number of amides is 1. The van der Waals surface area contributed by atoms with Crippen LogP contribution in [0.1, 0.15) is 23.6 Å². The number of aryl methyl sites for hydroxylation is 2. The van der Waals surface area contributed by atoms with E-state index in [1.807, 2.05) is 14.0 Å². The van der Waals surface area contributed by atoms with Crippen LogP contribution in [0.25, 0.3) is 0 Å². The molecule has 0 heterocycles. The first kappa shape index (κ1) is 13.7. The molecule has 0 radical (unpaired) electrons. The molecular formula is C14H22N2O. The van der Waals surface area contributed by atoms with E-state index in [1.54, 1.807) is 4.90 Å². The standard InChI is InChI=1S/C14H22N2O/c1-5-16(4)14(17)10-15-9-13-7-6-11(2)8-12(13)3/h6-8,15H,5,9-10H2,1-4H3. The third kappa shape index (κ3) is 4.19. The van der Waals surface area contributed by atoms with Crippen molar-refractivity contribution >= 4 is 5.91 Å². The number of carbonyl (C=O) groups excluding carboxylic acids is 1. The van der Waals surface area contributed by atoms with Crippen molar-refractivity contribution in [3.05, 3.63) is 34.9 Å². The van der Waals surface area contributed by atoms with Crippen LogP contribution < -0.4 is 5.32 Å². The molecule has 1 amide bonds. The molecule has 17 heavy (non-hydrogen) atoms. The third-order valence-electron chi connectivity index (χ3n) is 2.99. The molecule has 94 valence electrons. The molecule has 3 nitrogen and oxygen atoms in total. The highest BCUT2D eigenvalue weighted by molar-refractivity contribution is 5.77. The Hall–Kier alpha value is -1.35. The summed E-state index contributed by atoms with van der Waals surface area (Å²) in [6.45, 7) is 8.06. The fraction of sp³-hybridized carbons (Fsp3) is 0.500. The molecule has 0 fully saturated rings. The molecule has 3 heteroatoms. The molecule has 0 aliphatic carbocycles. The van der Waals surface area contributed by atoms with Crippen molar-refractivity contribution in [2.24, 2.45) is 0 Å². The van der Waals surface area contributed by atoms with Gasteiger partial charge in [0.05, 0.1) is 6.54 Å². The maximum atomic E-state index is 11.6. The highest BCUT2D eigenvalue weighted by Gasteiger charge is 2.05. The van der Waals surface area contributed by atoms with Crippen molar-refractivity contribution in [2.75, 3.05) is 20.1 Å². The zero-order valence-electron chi connectivity index (χ0n) is 11.2. The van der Waals surface area contributed by atoms with E-state index in [-0.39, 0.29) is 5.91 Å². The number of nitrogens with zero attached hydrogens (tertiary/aromatic N) is 1. The molecule has 0 aliphatic heterocycles. The maximum Gasteiger partial charge on any atom is 0.236 e. The maximum absolute atomic E-state index is 11.6. The second-order valence-electron chi connectivity index (χ2n) is 4.44. The Labute approximate surface area is 104 Å². The van der Waals surface area contributed by atoms with E-state index in [9.17, 15) is 4.79 Å². The summed E-state index contributed by atoms with van der Waals surface area (Å²) in [6, 6.07) is 6.38. The summed E-state index contributed by atoms with van der Waals surface area (Å²) < 4.78 is 0. The van der Waals surface area contributed by atoms with Gasteiger partial charge >= 0.3 is 0 Å². The summed E-state index contributed by atoms with van der Waals surface area (Å²) >= 11 is 0. The SMILES string of the molecule is CCN(C)C(=O)CNCc1ccc(C)cc1C. The number of rotatable bonds is 5. The summed E-state index contributed by atoms with van der Waals surface area (Å²) in [5, 5.41) is 3.19. The van der Waals surface area contributed by atoms with Crippen LogP contribution in [0.3, 0.4) is 0 Å². The lowest BCUT2D eigenvalue weighted by molar-refractivity contribution is -0.128. The van der Waals surface area contributed by atoms with Crippen LogP contribution in [-0.2, 0) is 11.3 Å². The summed E-state index contributed by atoms with van der Waals surface area (Å²) in [5.41, 5.74) is 3.80. The molecule has 0 saturated heterocycles. The lowest BCUT2D eigenvalue weighted by atomic mass is 10.1. The second-order valence-corrected chi connectivity index (χ2v) is 4.44. The van der Waals surface area contributed by atoms with Gasteiger partial charge in [-0.05, 0) is 31.9 Å². The fourth-order valence-electron chi connectivity index (χ4n) is 1.66. The Morgan fingerprint density at radius 3 is 2.65 bits per heavy atom. The van der Waals surface area contributed by atoms with Crippen molar-refractivity contribution in [2.45, 2.75) is 27.3 Å². The number of carbonyl (C=O) groups is 1. The highest BCUT2D eigenvalue weighted by atomic mass is 16.2. The van der Waals surface area contributed by atoms with E-state index in [1.165, 1.54) is 16.7 Å². The van der Waals surface area contributed by atoms with Crippen LogP contribution in [-0.4, -0.2) is 30.9 Å². The number of nitrogens with one attached hydrogen (secondary N) is 1. The van der Waals surface area contributed by atoms with Crippen LogP contribution in [0.15, 0.2) is 18.2 Å². The Balaban J connectivity index is 2.43. The predicted octanol–water partition coefficient (Wildman–Crippen LogP) is 1.87. The van der Waals surface area contributed by atoms with Gasteiger partial charge in [0.2, 0.25) is 5.91 Å². The Kier molecular flexibility index (Phi) is 5.16. The summed E-state index contributed by atoms with van der Waals surface area (Å²) in [5.74, 6) is 0.136. The smallest absolute Gasteiger partial charge is 0.236 e. The average Bonchev–Trinajstić information content (AvgIpc) is 2.30. The molecule has 1 aromatic rings. The van der Waals surface area contributed by atoms with Gasteiger partial charge in [0, 0.05) is 20.1 Å². The van der Waals surface area contributed by atoms with Crippen LogP contribution in [0.5, 0.6) is 0 Å². The van der Waals surface area contributed by atoms with Gasteiger partial charge in [0.15, 0.2) is 0 Å². The number of hydrogen-bond acceptors (Lipinski definition) is 2. The van der Waals surface area contributed by atoms with Gasteiger partial charge in [-0.1, -0.05) is 23.8 Å². The normalized spacial score (nSPS) is 10.4. The summed E-state index contributed by atoms with van der Waals surface area (Å²) in [6.07, 6.45) is 0. The zero-order valence-corrected chi connectivity index (χ0v) is 11.2. The van der Waals surface area contributed by atoms with Gasteiger partial charge in [-0.15, -0.1) is 0 Å². The Morgan fingerprint density at radius 1 is 1.35 bits per heavy atom. The van der Waals surface area contributed by atoms with Gasteiger partial charge in [-0.2, -0.15) is 0 Å². The largest absolute Gasteiger partial charge is 0.345 e. The molecule has 0 atom stereocenters. The van der Waals surface area contributed by atoms with E-state index in [2.05, 4.69) is 37.4 Å². The zero-order chi connectivity index (χ0) is 12.8. The lowest BCUT2D eigenvalue weighted by Crippen LogP contribution is -2.35. The third-order valence-corrected chi connectivity index (χ3v) is 2.99. The first-order chi connectivity index (χ1) is 8.04. The fourth-order valence-corrected chi connectivity index (χ4v) is 1.66. The summed E-state index contributed by atoms with van der Waals surface area (Å²) in [7, 11) is 1.82. The first-order valence-electron chi connectivity index (χ1n) is 6.05. The van der Waals surface area contributed by atoms with E-state index >= 15 is 0 Å². The minimum Gasteiger partial charge on any atom is -0.345 e. The van der Waals surface area contributed by atoms with E-state index < -0.39 is 0 Å². The molecule has 0 spiro atoms. The van der Waals surface area contributed by atoms with Crippen LogP contribution >= 0.6 is 0 Å². The molecule has 1 N–H and O–H groups in total.